The topological polar surface area (TPSA) is 105 Å². The Bertz CT molecular complexity index is 1500. The molecule has 0 unspecified atom stereocenters. The lowest BCUT2D eigenvalue weighted by Crippen LogP contribution is -2.33. The summed E-state index contributed by atoms with van der Waals surface area (Å²) in [6, 6.07) is 7.94. The second-order valence-electron chi connectivity index (χ2n) is 11.0. The zero-order chi connectivity index (χ0) is 30.4. The zero-order valence-electron chi connectivity index (χ0n) is 25.4. The van der Waals surface area contributed by atoms with Crippen LogP contribution in [0.3, 0.4) is 0 Å². The number of aromatic nitrogens is 2. The fourth-order valence-corrected chi connectivity index (χ4v) is 8.14. The molecule has 0 fully saturated rings. The summed E-state index contributed by atoms with van der Waals surface area (Å²) in [6.07, 6.45) is 5.17. The summed E-state index contributed by atoms with van der Waals surface area (Å²) < 4.78 is 29.7. The summed E-state index contributed by atoms with van der Waals surface area (Å²) in [4.78, 5) is 30.9. The second-order valence-corrected chi connectivity index (χ2v) is 14.0. The minimum atomic E-state index is -3.67. The van der Waals surface area contributed by atoms with E-state index in [1.54, 1.807) is 16.4 Å². The third kappa shape index (κ3) is 7.02. The number of hydrogen-bond donors (Lipinski definition) is 1. The Labute approximate surface area is 254 Å². The van der Waals surface area contributed by atoms with Crippen molar-refractivity contribution in [2.24, 2.45) is 0 Å². The summed E-state index contributed by atoms with van der Waals surface area (Å²) >= 11 is 1.44. The lowest BCUT2D eigenvalue weighted by Gasteiger charge is -2.26. The van der Waals surface area contributed by atoms with E-state index in [0.717, 1.165) is 80.0 Å². The van der Waals surface area contributed by atoms with Crippen LogP contribution in [0.4, 0.5) is 5.00 Å². The molecule has 0 saturated heterocycles. The molecular formula is C31H43N5O4S2. The highest BCUT2D eigenvalue weighted by Gasteiger charge is 2.31. The van der Waals surface area contributed by atoms with E-state index in [1.807, 2.05) is 33.8 Å². The van der Waals surface area contributed by atoms with Gasteiger partial charge in [0.1, 0.15) is 5.00 Å². The number of aryl methyl sites for hydroxylation is 2. The molecule has 0 atom stereocenters. The van der Waals surface area contributed by atoms with E-state index < -0.39 is 10.0 Å². The fourth-order valence-electron chi connectivity index (χ4n) is 5.34. The van der Waals surface area contributed by atoms with Crippen molar-refractivity contribution in [1.29, 1.82) is 0 Å². The Hall–Kier alpha value is -2.86. The van der Waals surface area contributed by atoms with Gasteiger partial charge in [0.25, 0.3) is 11.8 Å². The Morgan fingerprint density at radius 3 is 2.26 bits per heavy atom. The van der Waals surface area contributed by atoms with Crippen LogP contribution in [0.25, 0.3) is 0 Å². The molecule has 3 heterocycles. The van der Waals surface area contributed by atoms with Gasteiger partial charge in [-0.2, -0.15) is 9.40 Å². The highest BCUT2D eigenvalue weighted by atomic mass is 32.2. The van der Waals surface area contributed by atoms with Gasteiger partial charge in [0.15, 0.2) is 0 Å². The first-order valence-corrected chi connectivity index (χ1v) is 17.2. The number of sulfonamides is 1. The Morgan fingerprint density at radius 2 is 1.69 bits per heavy atom. The summed E-state index contributed by atoms with van der Waals surface area (Å²) in [5, 5.41) is 7.90. The number of thiophene rings is 1. The minimum Gasteiger partial charge on any atom is -0.313 e. The summed E-state index contributed by atoms with van der Waals surface area (Å²) in [5.74, 6) is -0.641. The number of rotatable bonds is 13. The van der Waals surface area contributed by atoms with Gasteiger partial charge in [-0.15, -0.1) is 11.3 Å². The standard InChI is InChI=1S/C31H43N5O4S2/c1-6-9-17-35(18-10-7-2)42(39,40)25-13-11-24(12-14-25)29(37)32-30-28(31(38)36-23(5)20-22(4)33-36)26-15-19-34(16-8-3)21-27(26)41-30/h11-14,20H,6-10,15-19,21H2,1-5H3,(H,32,37). The van der Waals surface area contributed by atoms with E-state index >= 15 is 0 Å². The van der Waals surface area contributed by atoms with E-state index in [1.165, 1.54) is 28.2 Å². The van der Waals surface area contributed by atoms with Gasteiger partial charge in [-0.3, -0.25) is 14.5 Å². The molecule has 0 spiro atoms. The largest absolute Gasteiger partial charge is 0.313 e. The summed E-state index contributed by atoms with van der Waals surface area (Å²) in [6.45, 7) is 13.4. The number of anilines is 1. The normalized spacial score (nSPS) is 13.9. The molecule has 0 aliphatic carbocycles. The Kier molecular flexibility index (Phi) is 10.7. The van der Waals surface area contributed by atoms with Crippen LogP contribution >= 0.6 is 11.3 Å². The van der Waals surface area contributed by atoms with E-state index in [4.69, 9.17) is 0 Å². The van der Waals surface area contributed by atoms with Gasteiger partial charge >= 0.3 is 0 Å². The van der Waals surface area contributed by atoms with Crippen molar-refractivity contribution < 1.29 is 18.0 Å². The van der Waals surface area contributed by atoms with Crippen molar-refractivity contribution in [3.63, 3.8) is 0 Å². The molecule has 11 heteroatoms. The highest BCUT2D eigenvalue weighted by molar-refractivity contribution is 7.89. The monoisotopic (exact) mass is 613 g/mol. The van der Waals surface area contributed by atoms with Crippen molar-refractivity contribution in [2.75, 3.05) is 31.5 Å². The van der Waals surface area contributed by atoms with Crippen molar-refractivity contribution in [3.8, 4) is 0 Å². The van der Waals surface area contributed by atoms with Crippen LogP contribution in [0.2, 0.25) is 0 Å². The van der Waals surface area contributed by atoms with Gasteiger partial charge < -0.3 is 5.32 Å². The molecule has 1 N–H and O–H groups in total. The van der Waals surface area contributed by atoms with Crippen LogP contribution in [-0.4, -0.2) is 65.4 Å². The quantitative estimate of drug-likeness (QED) is 0.259. The SMILES string of the molecule is CCCCN(CCCC)S(=O)(=O)c1ccc(C(=O)Nc2sc3c(c2C(=O)n2nc(C)cc2C)CCN(CCC)C3)cc1. The summed E-state index contributed by atoms with van der Waals surface area (Å²) in [5.41, 5.74) is 3.28. The number of amides is 1. The maximum Gasteiger partial charge on any atom is 0.281 e. The number of fused-ring (bicyclic) bond motifs is 1. The third-order valence-corrected chi connectivity index (χ3v) is 10.6. The van der Waals surface area contributed by atoms with Crippen LogP contribution in [0.5, 0.6) is 0 Å². The number of carbonyl (C=O) groups is 2. The van der Waals surface area contributed by atoms with Crippen molar-refractivity contribution in [3.05, 3.63) is 63.3 Å². The predicted molar refractivity (Wildman–Crippen MR) is 168 cm³/mol. The number of nitrogens with zero attached hydrogens (tertiary/aromatic N) is 4. The molecule has 1 amide bonds. The van der Waals surface area contributed by atoms with Crippen LogP contribution < -0.4 is 5.32 Å². The first kappa shape index (κ1) is 32.1. The molecule has 4 rings (SSSR count). The average Bonchev–Trinajstić information content (AvgIpc) is 3.50. The van der Waals surface area contributed by atoms with E-state index in [-0.39, 0.29) is 16.7 Å². The smallest absolute Gasteiger partial charge is 0.281 e. The van der Waals surface area contributed by atoms with Crippen LogP contribution in [0, 0.1) is 13.8 Å². The van der Waals surface area contributed by atoms with E-state index in [2.05, 4.69) is 22.2 Å². The molecule has 1 aliphatic heterocycles. The van der Waals surface area contributed by atoms with Crippen molar-refractivity contribution >= 4 is 38.2 Å². The number of unbranched alkanes of at least 4 members (excludes halogenated alkanes) is 2. The maximum atomic E-state index is 13.8. The first-order valence-electron chi connectivity index (χ1n) is 15.0. The van der Waals surface area contributed by atoms with Gasteiger partial charge in [-0.05, 0) is 82.0 Å². The number of benzene rings is 1. The first-order chi connectivity index (χ1) is 20.1. The van der Waals surface area contributed by atoms with Gasteiger partial charge in [-0.25, -0.2) is 13.1 Å². The van der Waals surface area contributed by atoms with Gasteiger partial charge in [0, 0.05) is 42.3 Å². The number of hydrogen-bond acceptors (Lipinski definition) is 7. The maximum absolute atomic E-state index is 13.8. The molecule has 1 aromatic carbocycles. The lowest BCUT2D eigenvalue weighted by molar-refractivity contribution is 0.0942. The molecule has 0 radical (unpaired) electrons. The third-order valence-electron chi connectivity index (χ3n) is 7.60. The van der Waals surface area contributed by atoms with E-state index in [0.29, 0.717) is 29.2 Å². The minimum absolute atomic E-state index is 0.175. The lowest BCUT2D eigenvalue weighted by atomic mass is 10.0. The molecule has 1 aliphatic rings. The molecule has 9 nitrogen and oxygen atoms in total. The van der Waals surface area contributed by atoms with Crippen molar-refractivity contribution in [1.82, 2.24) is 19.0 Å². The van der Waals surface area contributed by atoms with Crippen LogP contribution in [0.15, 0.2) is 35.2 Å². The molecule has 228 valence electrons. The molecule has 0 bridgehead atoms. The summed E-state index contributed by atoms with van der Waals surface area (Å²) in [7, 11) is -3.67. The second kappa shape index (κ2) is 14.1. The highest BCUT2D eigenvalue weighted by Crippen LogP contribution is 2.38. The van der Waals surface area contributed by atoms with Gasteiger partial charge in [0.05, 0.1) is 16.2 Å². The Morgan fingerprint density at radius 1 is 1.02 bits per heavy atom. The average molecular weight is 614 g/mol. The molecular weight excluding hydrogens is 571 g/mol. The van der Waals surface area contributed by atoms with Gasteiger partial charge in [0.2, 0.25) is 10.0 Å². The zero-order valence-corrected chi connectivity index (χ0v) is 27.0. The van der Waals surface area contributed by atoms with Crippen molar-refractivity contribution in [2.45, 2.75) is 84.6 Å². The molecule has 3 aromatic rings. The van der Waals surface area contributed by atoms with Gasteiger partial charge in [-0.1, -0.05) is 33.6 Å². The van der Waals surface area contributed by atoms with Crippen LogP contribution in [-0.2, 0) is 23.0 Å². The molecule has 42 heavy (non-hydrogen) atoms. The fraction of sp³-hybridized carbons (Fsp3) is 0.516. The predicted octanol–water partition coefficient (Wildman–Crippen LogP) is 5.86. The molecule has 2 aromatic heterocycles. The van der Waals surface area contributed by atoms with Crippen LogP contribution in [0.1, 0.15) is 95.4 Å². The Balaban J connectivity index is 1.61. The molecule has 0 saturated carbocycles. The van der Waals surface area contributed by atoms with E-state index in [9.17, 15) is 18.0 Å². The number of nitrogens with one attached hydrogen (secondary N) is 1. The number of carbonyl (C=O) groups excluding carboxylic acids is 2.